The second-order valence-electron chi connectivity index (χ2n) is 9.57. The molecule has 2 aromatic carbocycles. The van der Waals surface area contributed by atoms with Crippen LogP contribution in [0, 0.1) is 12.7 Å². The van der Waals surface area contributed by atoms with Crippen LogP contribution in [0.15, 0.2) is 53.3 Å². The molecule has 1 atom stereocenters. The molecule has 1 aliphatic carbocycles. The maximum Gasteiger partial charge on any atom is 0.252 e. The summed E-state index contributed by atoms with van der Waals surface area (Å²) in [6.07, 6.45) is 5.38. The number of nitrogens with one attached hydrogen (secondary N) is 1. The third-order valence-electron chi connectivity index (χ3n) is 7.12. The van der Waals surface area contributed by atoms with Crippen LogP contribution in [0.1, 0.15) is 67.6 Å². The van der Waals surface area contributed by atoms with Gasteiger partial charge in [0.1, 0.15) is 5.82 Å². The maximum atomic E-state index is 13.4. The molecule has 1 saturated carbocycles. The molecule has 0 spiro atoms. The van der Waals surface area contributed by atoms with E-state index in [4.69, 9.17) is 0 Å². The molecule has 0 aliphatic heterocycles. The number of tetrazole rings is 1. The predicted molar refractivity (Wildman–Crippen MR) is 133 cm³/mol. The van der Waals surface area contributed by atoms with Crippen molar-refractivity contribution in [3.05, 3.63) is 87.2 Å². The Kier molecular flexibility index (Phi) is 6.72. The van der Waals surface area contributed by atoms with Crippen LogP contribution in [-0.2, 0) is 13.1 Å². The first kappa shape index (κ1) is 23.4. The number of aromatic nitrogens is 5. The van der Waals surface area contributed by atoms with Gasteiger partial charge in [0.2, 0.25) is 0 Å². The summed E-state index contributed by atoms with van der Waals surface area (Å²) < 4.78 is 15.2. The summed E-state index contributed by atoms with van der Waals surface area (Å²) >= 11 is 0. The topological polar surface area (TPSA) is 79.7 Å². The van der Waals surface area contributed by atoms with Gasteiger partial charge >= 0.3 is 0 Å². The van der Waals surface area contributed by atoms with Gasteiger partial charge in [-0.3, -0.25) is 9.69 Å². The van der Waals surface area contributed by atoms with Gasteiger partial charge in [0.05, 0.1) is 12.6 Å². The second kappa shape index (κ2) is 10.1. The molecule has 1 aliphatic rings. The van der Waals surface area contributed by atoms with Crippen LogP contribution in [0.3, 0.4) is 0 Å². The highest BCUT2D eigenvalue weighted by Crippen LogP contribution is 2.33. The summed E-state index contributed by atoms with van der Waals surface area (Å²) in [7, 11) is 0. The van der Waals surface area contributed by atoms with E-state index in [1.54, 1.807) is 16.8 Å². The van der Waals surface area contributed by atoms with Crippen LogP contribution in [0.4, 0.5) is 4.39 Å². The zero-order valence-electron chi connectivity index (χ0n) is 20.2. The van der Waals surface area contributed by atoms with Crippen molar-refractivity contribution in [1.29, 1.82) is 0 Å². The van der Waals surface area contributed by atoms with E-state index in [1.807, 2.05) is 19.1 Å². The zero-order chi connectivity index (χ0) is 24.4. The molecular formula is C27H31FN6O. The fourth-order valence-electron chi connectivity index (χ4n) is 5.29. The van der Waals surface area contributed by atoms with Gasteiger partial charge in [-0.25, -0.2) is 9.07 Å². The lowest BCUT2D eigenvalue weighted by atomic mass is 10.0. The number of nitrogens with zero attached hydrogens (tertiary/aromatic N) is 5. The van der Waals surface area contributed by atoms with E-state index >= 15 is 0 Å². The number of halogens is 1. The lowest BCUT2D eigenvalue weighted by Gasteiger charge is -2.35. The highest BCUT2D eigenvalue weighted by atomic mass is 19.1. The average molecular weight is 475 g/mol. The minimum Gasteiger partial charge on any atom is -0.322 e. The molecule has 7 nitrogen and oxygen atoms in total. The smallest absolute Gasteiger partial charge is 0.252 e. The van der Waals surface area contributed by atoms with E-state index in [1.165, 1.54) is 25.0 Å². The van der Waals surface area contributed by atoms with Crippen molar-refractivity contribution < 1.29 is 4.39 Å². The highest BCUT2D eigenvalue weighted by molar-refractivity contribution is 5.79. The lowest BCUT2D eigenvalue weighted by molar-refractivity contribution is 0.112. The fraction of sp³-hybridized carbons (Fsp3) is 0.407. The Morgan fingerprint density at radius 2 is 1.91 bits per heavy atom. The van der Waals surface area contributed by atoms with Crippen LogP contribution >= 0.6 is 0 Å². The Bertz CT molecular complexity index is 1360. The number of hydrogen-bond donors (Lipinski definition) is 1. The lowest BCUT2D eigenvalue weighted by Crippen LogP contribution is -2.39. The summed E-state index contributed by atoms with van der Waals surface area (Å²) in [6, 6.07) is 14.9. The number of aryl methyl sites for hydroxylation is 1. The van der Waals surface area contributed by atoms with E-state index in [-0.39, 0.29) is 17.4 Å². The molecule has 1 unspecified atom stereocenters. The molecule has 1 N–H and O–H groups in total. The van der Waals surface area contributed by atoms with Gasteiger partial charge in [0, 0.05) is 23.7 Å². The van der Waals surface area contributed by atoms with Crippen LogP contribution in [0.25, 0.3) is 10.9 Å². The summed E-state index contributed by atoms with van der Waals surface area (Å²) in [5.41, 5.74) is 3.62. The monoisotopic (exact) mass is 474 g/mol. The first-order chi connectivity index (χ1) is 17.0. The molecule has 4 aromatic rings. The first-order valence-electron chi connectivity index (χ1n) is 12.4. The number of aromatic amines is 1. The van der Waals surface area contributed by atoms with Crippen molar-refractivity contribution in [3.8, 4) is 0 Å². The van der Waals surface area contributed by atoms with E-state index in [0.717, 1.165) is 52.7 Å². The molecule has 35 heavy (non-hydrogen) atoms. The standard InChI is InChI=1S/C27H31FN6O/c1-3-25(26-30-31-32-34(26)16-19-9-12-22(28)13-10-19)33(23-6-4-5-7-23)17-21-15-20-11-8-18(2)14-24(20)29-27(21)35/h8-15,23,25H,3-7,16-17H2,1-2H3,(H,29,35). The molecule has 0 radical (unpaired) electrons. The molecule has 2 aromatic heterocycles. The van der Waals surface area contributed by atoms with Crippen molar-refractivity contribution in [2.75, 3.05) is 0 Å². The number of H-pyrrole nitrogens is 1. The van der Waals surface area contributed by atoms with E-state index in [2.05, 4.69) is 44.5 Å². The van der Waals surface area contributed by atoms with E-state index in [0.29, 0.717) is 19.1 Å². The van der Waals surface area contributed by atoms with Crippen molar-refractivity contribution in [3.63, 3.8) is 0 Å². The minimum atomic E-state index is -0.264. The van der Waals surface area contributed by atoms with Crippen LogP contribution in [0.5, 0.6) is 0 Å². The van der Waals surface area contributed by atoms with Crippen molar-refractivity contribution >= 4 is 10.9 Å². The third kappa shape index (κ3) is 5.03. The summed E-state index contributed by atoms with van der Waals surface area (Å²) in [5, 5.41) is 13.7. The van der Waals surface area contributed by atoms with Crippen LogP contribution in [0.2, 0.25) is 0 Å². The van der Waals surface area contributed by atoms with Gasteiger partial charge in [-0.2, -0.15) is 0 Å². The molecule has 1 fully saturated rings. The maximum absolute atomic E-state index is 13.4. The Hall–Kier alpha value is -3.39. The molecule has 5 rings (SSSR count). The number of hydrogen-bond acceptors (Lipinski definition) is 5. The fourth-order valence-corrected chi connectivity index (χ4v) is 5.29. The molecule has 182 valence electrons. The summed E-state index contributed by atoms with van der Waals surface area (Å²) in [4.78, 5) is 18.6. The largest absolute Gasteiger partial charge is 0.322 e. The van der Waals surface area contributed by atoms with Gasteiger partial charge < -0.3 is 4.98 Å². The van der Waals surface area contributed by atoms with Gasteiger partial charge in [0.25, 0.3) is 5.56 Å². The quantitative estimate of drug-likeness (QED) is 0.393. The normalized spacial score (nSPS) is 15.3. The third-order valence-corrected chi connectivity index (χ3v) is 7.12. The first-order valence-corrected chi connectivity index (χ1v) is 12.4. The van der Waals surface area contributed by atoms with E-state index < -0.39 is 0 Å². The van der Waals surface area contributed by atoms with Gasteiger partial charge in [0.15, 0.2) is 5.82 Å². The minimum absolute atomic E-state index is 0.0401. The van der Waals surface area contributed by atoms with Crippen molar-refractivity contribution in [1.82, 2.24) is 30.1 Å². The number of rotatable bonds is 8. The van der Waals surface area contributed by atoms with Gasteiger partial charge in [-0.05, 0) is 77.4 Å². The Morgan fingerprint density at radius 1 is 1.14 bits per heavy atom. The van der Waals surface area contributed by atoms with Crippen molar-refractivity contribution in [2.24, 2.45) is 0 Å². The average Bonchev–Trinajstić information content (AvgIpc) is 3.54. The Balaban J connectivity index is 1.48. The number of fused-ring (bicyclic) bond motifs is 1. The van der Waals surface area contributed by atoms with Crippen molar-refractivity contribution in [2.45, 2.75) is 71.1 Å². The second-order valence-corrected chi connectivity index (χ2v) is 9.57. The molecule has 8 heteroatoms. The molecule has 0 bridgehead atoms. The molecule has 2 heterocycles. The Labute approximate surface area is 204 Å². The number of benzene rings is 2. The van der Waals surface area contributed by atoms with Gasteiger partial charge in [-0.1, -0.05) is 44.0 Å². The molecular weight excluding hydrogens is 443 g/mol. The van der Waals surface area contributed by atoms with E-state index in [9.17, 15) is 9.18 Å². The van der Waals surface area contributed by atoms with Crippen LogP contribution in [-0.4, -0.2) is 36.1 Å². The SMILES string of the molecule is CCC(c1nnnn1Cc1ccc(F)cc1)N(Cc1cc2ccc(C)cc2[nH]c1=O)C1CCCC1. The molecule has 0 amide bonds. The molecule has 0 saturated heterocycles. The predicted octanol–water partition coefficient (Wildman–Crippen LogP) is 4.91. The highest BCUT2D eigenvalue weighted by Gasteiger charge is 2.32. The summed E-state index contributed by atoms with van der Waals surface area (Å²) in [6.45, 7) is 5.16. The Morgan fingerprint density at radius 3 is 2.66 bits per heavy atom. The number of pyridine rings is 1. The van der Waals surface area contributed by atoms with Crippen LogP contribution < -0.4 is 5.56 Å². The van der Waals surface area contributed by atoms with Gasteiger partial charge in [-0.15, -0.1) is 5.10 Å². The zero-order valence-corrected chi connectivity index (χ0v) is 20.2. The summed E-state index contributed by atoms with van der Waals surface area (Å²) in [5.74, 6) is 0.511.